The minimum Gasteiger partial charge on any atom is -0.492 e. The summed E-state index contributed by atoms with van der Waals surface area (Å²) in [5, 5.41) is 14.7. The van der Waals surface area contributed by atoms with Crippen molar-refractivity contribution in [3.63, 3.8) is 0 Å². The normalized spacial score (nSPS) is 22.9. The topological polar surface area (TPSA) is 109 Å². The van der Waals surface area contributed by atoms with Gasteiger partial charge in [0.1, 0.15) is 24.4 Å². The van der Waals surface area contributed by atoms with Gasteiger partial charge >= 0.3 is 0 Å². The number of benzene rings is 3. The highest BCUT2D eigenvalue weighted by Crippen LogP contribution is 2.33. The molecule has 43 heavy (non-hydrogen) atoms. The Hall–Kier alpha value is -3.91. The molecule has 0 saturated heterocycles. The third-order valence-corrected chi connectivity index (χ3v) is 8.41. The fraction of sp³-hybridized carbons (Fsp3) is 0.457. The summed E-state index contributed by atoms with van der Waals surface area (Å²) >= 11 is 0. The number of para-hydroxylation sites is 1. The maximum Gasteiger partial charge on any atom is 0.243 e. The Kier molecular flexibility index (Phi) is 10.3. The SMILES string of the molecule is CC(C)[C@H]1NC(=O)[C@@H](Cc2cccc3ccccc23)NCCOc2ccccc2CCCNC(=O)[C@H](CC2CC2)NC1=O. The summed E-state index contributed by atoms with van der Waals surface area (Å²) in [6.45, 7) is 5.15. The summed E-state index contributed by atoms with van der Waals surface area (Å²) in [5.74, 6) is 0.329. The summed E-state index contributed by atoms with van der Waals surface area (Å²) in [6.07, 6.45) is 4.71. The molecule has 8 heteroatoms. The zero-order chi connectivity index (χ0) is 30.2. The van der Waals surface area contributed by atoms with E-state index in [9.17, 15) is 14.4 Å². The van der Waals surface area contributed by atoms with Gasteiger partial charge in [0.2, 0.25) is 17.7 Å². The molecule has 4 N–H and O–H groups in total. The first-order valence-corrected chi connectivity index (χ1v) is 15.7. The Morgan fingerprint density at radius 2 is 1.58 bits per heavy atom. The van der Waals surface area contributed by atoms with Crippen molar-refractivity contribution in [2.75, 3.05) is 19.7 Å². The summed E-state index contributed by atoms with van der Waals surface area (Å²) in [6, 6.07) is 20.2. The third-order valence-electron chi connectivity index (χ3n) is 8.41. The molecule has 0 radical (unpaired) electrons. The van der Waals surface area contributed by atoms with Crippen molar-refractivity contribution in [3.8, 4) is 5.75 Å². The monoisotopic (exact) mass is 584 g/mol. The second-order valence-electron chi connectivity index (χ2n) is 12.2. The van der Waals surface area contributed by atoms with Gasteiger partial charge in [-0.1, -0.05) is 87.4 Å². The lowest BCUT2D eigenvalue weighted by atomic mass is 9.97. The third kappa shape index (κ3) is 8.35. The molecule has 1 fully saturated rings. The second-order valence-corrected chi connectivity index (χ2v) is 12.2. The Morgan fingerprint density at radius 1 is 0.814 bits per heavy atom. The second kappa shape index (κ2) is 14.5. The first-order valence-electron chi connectivity index (χ1n) is 15.7. The zero-order valence-electron chi connectivity index (χ0n) is 25.2. The molecule has 0 unspecified atom stereocenters. The number of aryl methyl sites for hydroxylation is 1. The van der Waals surface area contributed by atoms with Crippen LogP contribution in [0.25, 0.3) is 10.8 Å². The van der Waals surface area contributed by atoms with Crippen LogP contribution in [0.2, 0.25) is 0 Å². The van der Waals surface area contributed by atoms with Gasteiger partial charge in [-0.25, -0.2) is 0 Å². The number of carbonyl (C=O) groups excluding carboxylic acids is 3. The zero-order valence-corrected chi connectivity index (χ0v) is 25.2. The lowest BCUT2D eigenvalue weighted by Crippen LogP contribution is -2.58. The molecule has 3 aromatic rings. The van der Waals surface area contributed by atoms with Gasteiger partial charge in [-0.15, -0.1) is 0 Å². The lowest BCUT2D eigenvalue weighted by Gasteiger charge is -2.28. The maximum atomic E-state index is 13.9. The van der Waals surface area contributed by atoms with Crippen molar-refractivity contribution in [3.05, 3.63) is 77.9 Å². The minimum atomic E-state index is -0.777. The van der Waals surface area contributed by atoms with Crippen LogP contribution in [0.15, 0.2) is 66.7 Å². The van der Waals surface area contributed by atoms with Gasteiger partial charge in [-0.3, -0.25) is 14.4 Å². The van der Waals surface area contributed by atoms with Gasteiger partial charge in [0, 0.05) is 13.1 Å². The highest BCUT2D eigenvalue weighted by atomic mass is 16.5. The molecule has 0 bridgehead atoms. The van der Waals surface area contributed by atoms with Crippen LogP contribution >= 0.6 is 0 Å². The van der Waals surface area contributed by atoms with Crippen molar-refractivity contribution in [1.82, 2.24) is 21.3 Å². The van der Waals surface area contributed by atoms with Crippen LogP contribution in [-0.4, -0.2) is 55.5 Å². The van der Waals surface area contributed by atoms with E-state index in [1.54, 1.807) is 0 Å². The van der Waals surface area contributed by atoms with E-state index < -0.39 is 18.1 Å². The smallest absolute Gasteiger partial charge is 0.243 e. The van der Waals surface area contributed by atoms with Gasteiger partial charge < -0.3 is 26.0 Å². The number of rotatable bonds is 5. The molecule has 8 nitrogen and oxygen atoms in total. The summed E-state index contributed by atoms with van der Waals surface area (Å²) in [7, 11) is 0. The molecule has 1 aliphatic heterocycles. The lowest BCUT2D eigenvalue weighted by molar-refractivity contribution is -0.133. The first-order chi connectivity index (χ1) is 20.9. The summed E-state index contributed by atoms with van der Waals surface area (Å²) < 4.78 is 6.16. The first kappa shape index (κ1) is 30.5. The van der Waals surface area contributed by atoms with Crippen molar-refractivity contribution in [1.29, 1.82) is 0 Å². The van der Waals surface area contributed by atoms with Crippen LogP contribution in [0.1, 0.15) is 50.7 Å². The van der Waals surface area contributed by atoms with Gasteiger partial charge in [0.15, 0.2) is 0 Å². The molecule has 3 atom stereocenters. The average Bonchev–Trinajstić information content (AvgIpc) is 3.83. The van der Waals surface area contributed by atoms with E-state index in [2.05, 4.69) is 39.5 Å². The van der Waals surface area contributed by atoms with Crippen LogP contribution in [0, 0.1) is 11.8 Å². The van der Waals surface area contributed by atoms with Gasteiger partial charge in [0.05, 0.1) is 6.04 Å². The highest BCUT2D eigenvalue weighted by Gasteiger charge is 2.34. The van der Waals surface area contributed by atoms with Crippen molar-refractivity contribution < 1.29 is 19.1 Å². The number of amides is 3. The molecule has 228 valence electrons. The van der Waals surface area contributed by atoms with Gasteiger partial charge in [-0.05, 0) is 65.5 Å². The Balaban J connectivity index is 1.40. The molecule has 1 saturated carbocycles. The van der Waals surface area contributed by atoms with E-state index in [0.29, 0.717) is 38.5 Å². The highest BCUT2D eigenvalue weighted by molar-refractivity contribution is 5.94. The van der Waals surface area contributed by atoms with Crippen molar-refractivity contribution in [2.24, 2.45) is 11.8 Å². The number of fused-ring (bicyclic) bond motifs is 2. The number of nitrogens with one attached hydrogen (secondary N) is 4. The fourth-order valence-electron chi connectivity index (χ4n) is 5.78. The summed E-state index contributed by atoms with van der Waals surface area (Å²) in [4.78, 5) is 40.7. The number of ether oxygens (including phenoxy) is 1. The van der Waals surface area contributed by atoms with E-state index in [1.165, 1.54) is 0 Å². The van der Waals surface area contributed by atoms with Crippen molar-refractivity contribution >= 4 is 28.5 Å². The Morgan fingerprint density at radius 3 is 2.40 bits per heavy atom. The van der Waals surface area contributed by atoms with E-state index >= 15 is 0 Å². The molecule has 3 amide bonds. The van der Waals surface area contributed by atoms with E-state index in [0.717, 1.165) is 53.3 Å². The van der Waals surface area contributed by atoms with Gasteiger partial charge in [0.25, 0.3) is 0 Å². The molecule has 3 aromatic carbocycles. The predicted octanol–water partition coefficient (Wildman–Crippen LogP) is 3.91. The molecule has 1 aliphatic carbocycles. The number of hydrogen-bond acceptors (Lipinski definition) is 5. The molecular weight excluding hydrogens is 540 g/mol. The molecule has 5 rings (SSSR count). The molecule has 1 heterocycles. The number of hydrogen-bond donors (Lipinski definition) is 4. The quantitative estimate of drug-likeness (QED) is 0.364. The maximum absolute atomic E-state index is 13.9. The molecular formula is C35H44N4O4. The van der Waals surface area contributed by atoms with Crippen molar-refractivity contribution in [2.45, 2.75) is 70.5 Å². The fourth-order valence-corrected chi connectivity index (χ4v) is 5.78. The van der Waals surface area contributed by atoms with E-state index in [4.69, 9.17) is 4.74 Å². The Bertz CT molecular complexity index is 1410. The predicted molar refractivity (Wildman–Crippen MR) is 169 cm³/mol. The van der Waals surface area contributed by atoms with E-state index in [1.807, 2.05) is 62.4 Å². The largest absolute Gasteiger partial charge is 0.492 e. The molecule has 0 spiro atoms. The van der Waals surface area contributed by atoms with Crippen LogP contribution in [0.4, 0.5) is 0 Å². The van der Waals surface area contributed by atoms with Crippen LogP contribution < -0.4 is 26.0 Å². The minimum absolute atomic E-state index is 0.169. The van der Waals surface area contributed by atoms with Crippen LogP contribution in [-0.2, 0) is 27.2 Å². The van der Waals surface area contributed by atoms with Crippen LogP contribution in [0.3, 0.4) is 0 Å². The standard InChI is InChI=1S/C35H44N4O4/c1-23(2)32-35(42)38-30(21-24-16-17-24)33(40)37-18-8-13-26-10-4-6-15-31(26)43-20-19-36-29(34(41)39-32)22-27-12-7-11-25-9-3-5-14-28(25)27/h3-7,9-12,14-15,23-24,29-30,32,36H,8,13,16-22H2,1-2H3,(H,37,40)(H,38,42)(H,39,41)/t29-,30+,32-/m1/s1. The van der Waals surface area contributed by atoms with Crippen LogP contribution in [0.5, 0.6) is 5.75 Å². The average molecular weight is 585 g/mol. The number of carbonyl (C=O) groups is 3. The Labute approximate surface area is 254 Å². The molecule has 2 aliphatic rings. The molecule has 0 aromatic heterocycles. The van der Waals surface area contributed by atoms with Gasteiger partial charge in [-0.2, -0.15) is 0 Å². The van der Waals surface area contributed by atoms with E-state index in [-0.39, 0.29) is 23.6 Å². The summed E-state index contributed by atoms with van der Waals surface area (Å²) in [5.41, 5.74) is 2.12.